The Morgan fingerprint density at radius 1 is 0.939 bits per heavy atom. The van der Waals surface area contributed by atoms with E-state index in [1.807, 2.05) is 0 Å². The molecule has 4 rings (SSSR count). The van der Waals surface area contributed by atoms with Crippen LogP contribution in [0.25, 0.3) is 0 Å². The first-order valence-electron chi connectivity index (χ1n) is 9.96. The van der Waals surface area contributed by atoms with Gasteiger partial charge in [0.1, 0.15) is 10.3 Å². The number of sulfonamides is 1. The average Bonchev–Trinajstić information content (AvgIpc) is 3.58. The van der Waals surface area contributed by atoms with E-state index >= 15 is 0 Å². The molecule has 1 atom stereocenters. The van der Waals surface area contributed by atoms with Crippen LogP contribution in [-0.2, 0) is 14.8 Å². The monoisotopic (exact) mass is 504 g/mol. The highest BCUT2D eigenvalue weighted by atomic mass is 32.2. The molecule has 1 aliphatic rings. The van der Waals surface area contributed by atoms with Crippen molar-refractivity contribution >= 4 is 56.1 Å². The van der Waals surface area contributed by atoms with E-state index in [2.05, 4.69) is 15.6 Å². The molecule has 3 aromatic rings. The van der Waals surface area contributed by atoms with Crippen LogP contribution in [0.2, 0.25) is 0 Å². The molecule has 3 heterocycles. The number of likely N-dealkylation sites (tertiary alicyclic amines) is 1. The van der Waals surface area contributed by atoms with Crippen LogP contribution >= 0.6 is 22.7 Å². The number of hydrazine groups is 1. The predicted octanol–water partition coefficient (Wildman–Crippen LogP) is 2.68. The molecule has 0 aliphatic carbocycles. The molecule has 9 nitrogen and oxygen atoms in total. The van der Waals surface area contributed by atoms with E-state index in [1.165, 1.54) is 46.6 Å². The fraction of sp³-hybridized carbons (Fsp3) is 0.190. The second kappa shape index (κ2) is 9.73. The first-order chi connectivity index (χ1) is 15.8. The van der Waals surface area contributed by atoms with Crippen molar-refractivity contribution in [1.29, 1.82) is 0 Å². The van der Waals surface area contributed by atoms with Crippen molar-refractivity contribution in [3.05, 3.63) is 69.7 Å². The van der Waals surface area contributed by atoms with E-state index in [0.29, 0.717) is 30.0 Å². The smallest absolute Gasteiger partial charge is 0.271 e. The largest absolute Gasteiger partial charge is 0.326 e. The zero-order valence-electron chi connectivity index (χ0n) is 17.2. The quantitative estimate of drug-likeness (QED) is 0.445. The van der Waals surface area contributed by atoms with E-state index in [9.17, 15) is 22.8 Å². The third kappa shape index (κ3) is 5.24. The van der Waals surface area contributed by atoms with Gasteiger partial charge in [-0.15, -0.1) is 22.7 Å². The van der Waals surface area contributed by atoms with Gasteiger partial charge in [-0.05, 0) is 60.0 Å². The zero-order chi connectivity index (χ0) is 23.4. The van der Waals surface area contributed by atoms with Crippen molar-refractivity contribution < 1.29 is 22.8 Å². The van der Waals surface area contributed by atoms with Crippen LogP contribution in [0.5, 0.6) is 0 Å². The topological polar surface area (TPSA) is 125 Å². The van der Waals surface area contributed by atoms with E-state index in [-0.39, 0.29) is 15.7 Å². The third-order valence-electron chi connectivity index (χ3n) is 5.01. The van der Waals surface area contributed by atoms with E-state index in [1.54, 1.807) is 29.0 Å². The molecule has 1 aromatic carbocycles. The summed E-state index contributed by atoms with van der Waals surface area (Å²) >= 11 is 2.41. The fourth-order valence-electron chi connectivity index (χ4n) is 3.41. The number of hydrogen-bond donors (Lipinski definition) is 3. The number of nitrogens with zero attached hydrogens (tertiary/aromatic N) is 1. The summed E-state index contributed by atoms with van der Waals surface area (Å²) in [6.45, 7) is 0.478. The fourth-order valence-corrected chi connectivity index (χ4v) is 6.14. The van der Waals surface area contributed by atoms with Crippen molar-refractivity contribution in [2.24, 2.45) is 0 Å². The third-order valence-corrected chi connectivity index (χ3v) is 8.64. The minimum atomic E-state index is -3.68. The van der Waals surface area contributed by atoms with E-state index in [0.717, 1.165) is 11.3 Å². The molecule has 3 amide bonds. The summed E-state index contributed by atoms with van der Waals surface area (Å²) in [6.07, 6.45) is 1.21. The van der Waals surface area contributed by atoms with Gasteiger partial charge in [-0.1, -0.05) is 12.1 Å². The lowest BCUT2D eigenvalue weighted by Crippen LogP contribution is -2.51. The van der Waals surface area contributed by atoms with E-state index in [4.69, 9.17) is 0 Å². The molecule has 0 saturated carbocycles. The van der Waals surface area contributed by atoms with Crippen LogP contribution in [0.3, 0.4) is 0 Å². The molecule has 1 aliphatic heterocycles. The Labute approximate surface area is 198 Å². The lowest BCUT2D eigenvalue weighted by atomic mass is 10.2. The number of carbonyl (C=O) groups is 3. The number of hydrogen-bond acceptors (Lipinski definition) is 7. The van der Waals surface area contributed by atoms with Gasteiger partial charge in [-0.3, -0.25) is 30.0 Å². The summed E-state index contributed by atoms with van der Waals surface area (Å²) in [5, 5.41) is 3.47. The van der Waals surface area contributed by atoms with Crippen molar-refractivity contribution in [3.63, 3.8) is 0 Å². The second-order valence-electron chi connectivity index (χ2n) is 7.19. The van der Waals surface area contributed by atoms with Crippen molar-refractivity contribution in [2.45, 2.75) is 23.1 Å². The molecular weight excluding hydrogens is 484 g/mol. The number of nitrogens with one attached hydrogen (secondary N) is 3. The summed E-state index contributed by atoms with van der Waals surface area (Å²) in [7, 11) is -3.68. The Bertz CT molecular complexity index is 1240. The highest BCUT2D eigenvalue weighted by Gasteiger charge is 2.35. The van der Waals surface area contributed by atoms with Gasteiger partial charge < -0.3 is 4.90 Å². The van der Waals surface area contributed by atoms with E-state index < -0.39 is 27.9 Å². The molecule has 2 aromatic heterocycles. The predicted molar refractivity (Wildman–Crippen MR) is 126 cm³/mol. The Hall–Kier alpha value is -3.22. The molecule has 1 saturated heterocycles. The maximum absolute atomic E-state index is 12.6. The highest BCUT2D eigenvalue weighted by molar-refractivity contribution is 7.94. The molecule has 33 heavy (non-hydrogen) atoms. The SMILES string of the molecule is O=C(NNC(=O)C1CCCN1C(=O)c1cccs1)c1ccc(NS(=O)(=O)c2cccs2)cc1. The molecule has 172 valence electrons. The summed E-state index contributed by atoms with van der Waals surface area (Å²) in [4.78, 5) is 39.7. The van der Waals surface area contributed by atoms with Crippen LogP contribution in [-0.4, -0.2) is 43.6 Å². The highest BCUT2D eigenvalue weighted by Crippen LogP contribution is 2.23. The molecule has 0 radical (unpaired) electrons. The van der Waals surface area contributed by atoms with Crippen molar-refractivity contribution in [3.8, 4) is 0 Å². The minimum Gasteiger partial charge on any atom is -0.326 e. The standard InChI is InChI=1S/C21H20N4O5S3/c26-19(14-7-9-15(10-8-14)24-33(29,30)18-6-3-13-32-18)22-23-20(27)16-4-1-11-25(16)21(28)17-5-2-12-31-17/h2-3,5-10,12-13,16,24H,1,4,11H2,(H,22,26)(H,23,27). The van der Waals surface area contributed by atoms with Gasteiger partial charge in [-0.25, -0.2) is 8.42 Å². The number of carbonyl (C=O) groups excluding carboxylic acids is 3. The first-order valence-corrected chi connectivity index (χ1v) is 13.2. The molecular formula is C21H20N4O5S3. The van der Waals surface area contributed by atoms with Crippen LogP contribution in [0, 0.1) is 0 Å². The van der Waals surface area contributed by atoms with Gasteiger partial charge in [0.25, 0.3) is 27.7 Å². The molecule has 12 heteroatoms. The second-order valence-corrected chi connectivity index (χ2v) is 11.0. The Balaban J connectivity index is 1.33. The summed E-state index contributed by atoms with van der Waals surface area (Å²) in [5.74, 6) is -1.23. The normalized spacial score (nSPS) is 15.8. The van der Waals surface area contributed by atoms with Gasteiger partial charge >= 0.3 is 0 Å². The van der Waals surface area contributed by atoms with Crippen LogP contribution in [0.4, 0.5) is 5.69 Å². The van der Waals surface area contributed by atoms with Gasteiger partial charge in [0.2, 0.25) is 0 Å². The molecule has 3 N–H and O–H groups in total. The van der Waals surface area contributed by atoms with Crippen LogP contribution < -0.4 is 15.6 Å². The van der Waals surface area contributed by atoms with Crippen molar-refractivity contribution in [1.82, 2.24) is 15.8 Å². The van der Waals surface area contributed by atoms with Crippen molar-refractivity contribution in [2.75, 3.05) is 11.3 Å². The van der Waals surface area contributed by atoms with Gasteiger partial charge in [0.05, 0.1) is 4.88 Å². The number of anilines is 1. The summed E-state index contributed by atoms with van der Waals surface area (Å²) in [5.41, 5.74) is 5.27. The van der Waals surface area contributed by atoms with Gasteiger partial charge in [0.15, 0.2) is 0 Å². The minimum absolute atomic E-state index is 0.186. The number of rotatable bonds is 6. The number of thiophene rings is 2. The van der Waals surface area contributed by atoms with Crippen LogP contribution in [0.1, 0.15) is 32.9 Å². The van der Waals surface area contributed by atoms with Gasteiger partial charge in [0, 0.05) is 17.8 Å². The molecule has 0 bridgehead atoms. The molecule has 1 fully saturated rings. The summed E-state index contributed by atoms with van der Waals surface area (Å²) in [6, 6.07) is 11.8. The lowest BCUT2D eigenvalue weighted by Gasteiger charge is -2.23. The summed E-state index contributed by atoms with van der Waals surface area (Å²) < 4.78 is 27.2. The number of amides is 3. The molecule has 0 spiro atoms. The zero-order valence-corrected chi connectivity index (χ0v) is 19.6. The Morgan fingerprint density at radius 3 is 2.33 bits per heavy atom. The molecule has 1 unspecified atom stereocenters. The lowest BCUT2D eigenvalue weighted by molar-refractivity contribution is -0.125. The maximum atomic E-state index is 12.6. The number of benzene rings is 1. The Kier molecular flexibility index (Phi) is 6.77. The maximum Gasteiger partial charge on any atom is 0.271 e. The first kappa shape index (κ1) is 23.0. The average molecular weight is 505 g/mol. The van der Waals surface area contributed by atoms with Crippen LogP contribution in [0.15, 0.2) is 63.5 Å². The van der Waals surface area contributed by atoms with Gasteiger partial charge in [-0.2, -0.15) is 0 Å². The Morgan fingerprint density at radius 2 is 1.67 bits per heavy atom.